The summed E-state index contributed by atoms with van der Waals surface area (Å²) in [6.07, 6.45) is 1.75. The van der Waals surface area contributed by atoms with Gasteiger partial charge in [-0.2, -0.15) is 0 Å². The van der Waals surface area contributed by atoms with E-state index in [2.05, 4.69) is 20.7 Å². The number of alkyl halides is 1. The molecule has 1 aromatic rings. The molecule has 0 amide bonds. The molecule has 92 valence electrons. The van der Waals surface area contributed by atoms with E-state index in [1.807, 2.05) is 6.92 Å². The number of ketones is 1. The molecule has 0 aliphatic rings. The second-order valence-electron chi connectivity index (χ2n) is 3.69. The van der Waals surface area contributed by atoms with E-state index in [1.54, 1.807) is 24.3 Å². The standard InChI is InChI=1S/C13H15BrO3/c1-3-4-11(14)12(15)9-5-7-10(8-6-9)13(16)17-2/h5-8,11H,3-4H2,1-2H3/t11-/m0/s1. The summed E-state index contributed by atoms with van der Waals surface area (Å²) in [6, 6.07) is 6.51. The van der Waals surface area contributed by atoms with Crippen molar-refractivity contribution in [3.63, 3.8) is 0 Å². The van der Waals surface area contributed by atoms with Crippen molar-refractivity contribution >= 4 is 27.7 Å². The maximum absolute atomic E-state index is 11.9. The fourth-order valence-electron chi connectivity index (χ4n) is 1.45. The lowest BCUT2D eigenvalue weighted by Gasteiger charge is -2.07. The molecule has 0 aliphatic heterocycles. The largest absolute Gasteiger partial charge is 0.465 e. The first-order valence-electron chi connectivity index (χ1n) is 5.46. The number of benzene rings is 1. The summed E-state index contributed by atoms with van der Waals surface area (Å²) in [4.78, 5) is 23.0. The van der Waals surface area contributed by atoms with Gasteiger partial charge in [-0.25, -0.2) is 4.79 Å². The molecule has 0 bridgehead atoms. The van der Waals surface area contributed by atoms with Crippen molar-refractivity contribution in [3.05, 3.63) is 35.4 Å². The van der Waals surface area contributed by atoms with Gasteiger partial charge in [-0.1, -0.05) is 41.4 Å². The molecule has 0 spiro atoms. The van der Waals surface area contributed by atoms with Crippen molar-refractivity contribution in [2.45, 2.75) is 24.6 Å². The van der Waals surface area contributed by atoms with Crippen LogP contribution in [0.25, 0.3) is 0 Å². The van der Waals surface area contributed by atoms with Gasteiger partial charge in [0, 0.05) is 5.56 Å². The van der Waals surface area contributed by atoms with E-state index in [1.165, 1.54) is 7.11 Å². The molecule has 0 saturated heterocycles. The number of carbonyl (C=O) groups excluding carboxylic acids is 2. The average Bonchev–Trinajstić information content (AvgIpc) is 2.37. The highest BCUT2D eigenvalue weighted by molar-refractivity contribution is 9.10. The van der Waals surface area contributed by atoms with Gasteiger partial charge >= 0.3 is 5.97 Å². The summed E-state index contributed by atoms with van der Waals surface area (Å²) in [5.41, 5.74) is 1.05. The third kappa shape index (κ3) is 3.66. The lowest BCUT2D eigenvalue weighted by Crippen LogP contribution is -2.14. The first-order chi connectivity index (χ1) is 8.10. The monoisotopic (exact) mass is 298 g/mol. The molecular weight excluding hydrogens is 284 g/mol. The number of ether oxygens (including phenoxy) is 1. The Morgan fingerprint density at radius 3 is 2.24 bits per heavy atom. The average molecular weight is 299 g/mol. The summed E-state index contributed by atoms with van der Waals surface area (Å²) in [7, 11) is 1.33. The number of Topliss-reactive ketones (excluding diaryl/α,β-unsaturated/α-hetero) is 1. The molecule has 0 N–H and O–H groups in total. The van der Waals surface area contributed by atoms with Gasteiger partial charge in [0.05, 0.1) is 17.5 Å². The fourth-order valence-corrected chi connectivity index (χ4v) is 2.18. The van der Waals surface area contributed by atoms with Crippen LogP contribution in [0.1, 0.15) is 40.5 Å². The summed E-state index contributed by atoms with van der Waals surface area (Å²) >= 11 is 3.36. The van der Waals surface area contributed by atoms with E-state index in [4.69, 9.17) is 0 Å². The minimum absolute atomic E-state index is 0.0447. The van der Waals surface area contributed by atoms with E-state index in [-0.39, 0.29) is 10.6 Å². The van der Waals surface area contributed by atoms with Gasteiger partial charge in [0.2, 0.25) is 0 Å². The molecule has 4 heteroatoms. The number of esters is 1. The topological polar surface area (TPSA) is 43.4 Å². The summed E-state index contributed by atoms with van der Waals surface area (Å²) in [5.74, 6) is -0.351. The quantitative estimate of drug-likeness (QED) is 0.476. The van der Waals surface area contributed by atoms with Crippen LogP contribution in [-0.2, 0) is 4.74 Å². The van der Waals surface area contributed by atoms with Gasteiger partial charge in [-0.3, -0.25) is 4.79 Å². The highest BCUT2D eigenvalue weighted by Gasteiger charge is 2.16. The van der Waals surface area contributed by atoms with Crippen molar-refractivity contribution in [3.8, 4) is 0 Å². The summed E-state index contributed by atoms with van der Waals surface area (Å²) < 4.78 is 4.59. The molecule has 17 heavy (non-hydrogen) atoms. The molecule has 0 radical (unpaired) electrons. The van der Waals surface area contributed by atoms with Crippen molar-refractivity contribution in [2.75, 3.05) is 7.11 Å². The second kappa shape index (κ2) is 6.55. The Balaban J connectivity index is 2.80. The van der Waals surface area contributed by atoms with Gasteiger partial charge in [0.25, 0.3) is 0 Å². The smallest absolute Gasteiger partial charge is 0.337 e. The minimum atomic E-state index is -0.395. The first kappa shape index (κ1) is 13.9. The number of hydrogen-bond donors (Lipinski definition) is 0. The number of rotatable bonds is 5. The molecule has 0 unspecified atom stereocenters. The Kier molecular flexibility index (Phi) is 5.35. The first-order valence-corrected chi connectivity index (χ1v) is 6.38. The van der Waals surface area contributed by atoms with Crippen LogP contribution in [0, 0.1) is 0 Å². The highest BCUT2D eigenvalue weighted by Crippen LogP contribution is 2.16. The fraction of sp³-hybridized carbons (Fsp3) is 0.385. The van der Waals surface area contributed by atoms with Crippen molar-refractivity contribution in [2.24, 2.45) is 0 Å². The highest BCUT2D eigenvalue weighted by atomic mass is 79.9. The van der Waals surface area contributed by atoms with Crippen LogP contribution in [0.4, 0.5) is 0 Å². The van der Waals surface area contributed by atoms with Crippen LogP contribution in [0.3, 0.4) is 0 Å². The van der Waals surface area contributed by atoms with Gasteiger partial charge in [-0.05, 0) is 18.6 Å². The van der Waals surface area contributed by atoms with Gasteiger partial charge in [0.1, 0.15) is 0 Å². The van der Waals surface area contributed by atoms with Gasteiger partial charge in [0.15, 0.2) is 5.78 Å². The number of carbonyl (C=O) groups is 2. The summed E-state index contributed by atoms with van der Waals surface area (Å²) in [5, 5.41) is 0. The molecule has 1 aromatic carbocycles. The van der Waals surface area contributed by atoms with E-state index in [0.29, 0.717) is 11.1 Å². The summed E-state index contributed by atoms with van der Waals surface area (Å²) in [6.45, 7) is 2.03. The van der Waals surface area contributed by atoms with Crippen LogP contribution in [0.2, 0.25) is 0 Å². The Hall–Kier alpha value is -1.16. The molecule has 1 rings (SSSR count). The molecule has 0 fully saturated rings. The molecule has 3 nitrogen and oxygen atoms in total. The minimum Gasteiger partial charge on any atom is -0.465 e. The van der Waals surface area contributed by atoms with E-state index in [9.17, 15) is 9.59 Å². The predicted octanol–water partition coefficient (Wildman–Crippen LogP) is 3.22. The van der Waals surface area contributed by atoms with Crippen molar-refractivity contribution in [1.29, 1.82) is 0 Å². The van der Waals surface area contributed by atoms with E-state index < -0.39 is 5.97 Å². The zero-order valence-electron chi connectivity index (χ0n) is 9.90. The van der Waals surface area contributed by atoms with Crippen LogP contribution in [0.15, 0.2) is 24.3 Å². The lowest BCUT2D eigenvalue weighted by atomic mass is 10.0. The third-order valence-electron chi connectivity index (χ3n) is 2.42. The Labute approximate surface area is 109 Å². The third-order valence-corrected chi connectivity index (χ3v) is 3.29. The number of halogens is 1. The molecular formula is C13H15BrO3. The van der Waals surface area contributed by atoms with Crippen molar-refractivity contribution in [1.82, 2.24) is 0 Å². The Morgan fingerprint density at radius 1 is 1.24 bits per heavy atom. The Bertz CT molecular complexity index is 398. The van der Waals surface area contributed by atoms with Gasteiger partial charge in [-0.15, -0.1) is 0 Å². The molecule has 1 atom stereocenters. The molecule has 0 saturated carbocycles. The van der Waals surface area contributed by atoms with Gasteiger partial charge < -0.3 is 4.74 Å². The van der Waals surface area contributed by atoms with E-state index >= 15 is 0 Å². The molecule has 0 aromatic heterocycles. The van der Waals surface area contributed by atoms with Crippen LogP contribution in [0.5, 0.6) is 0 Å². The lowest BCUT2D eigenvalue weighted by molar-refractivity contribution is 0.0600. The maximum atomic E-state index is 11.9. The predicted molar refractivity (Wildman–Crippen MR) is 69.7 cm³/mol. The zero-order chi connectivity index (χ0) is 12.8. The number of methoxy groups -OCH3 is 1. The van der Waals surface area contributed by atoms with Crippen LogP contribution in [-0.4, -0.2) is 23.7 Å². The zero-order valence-corrected chi connectivity index (χ0v) is 11.5. The SMILES string of the molecule is CCC[C@H](Br)C(=O)c1ccc(C(=O)OC)cc1. The second-order valence-corrected chi connectivity index (χ2v) is 4.79. The van der Waals surface area contributed by atoms with Crippen LogP contribution < -0.4 is 0 Å². The molecule has 0 aliphatic carbocycles. The van der Waals surface area contributed by atoms with Crippen LogP contribution >= 0.6 is 15.9 Å². The number of hydrogen-bond acceptors (Lipinski definition) is 3. The molecule has 0 heterocycles. The maximum Gasteiger partial charge on any atom is 0.337 e. The van der Waals surface area contributed by atoms with Crippen molar-refractivity contribution < 1.29 is 14.3 Å². The Morgan fingerprint density at radius 2 is 1.76 bits per heavy atom. The normalized spacial score (nSPS) is 11.9. The van der Waals surface area contributed by atoms with E-state index in [0.717, 1.165) is 12.8 Å².